The molecular weight excluding hydrogens is 313 g/mol. The van der Waals surface area contributed by atoms with E-state index in [4.69, 9.17) is 8.85 Å². The molecule has 0 aliphatic carbocycles. The second-order valence-electron chi connectivity index (χ2n) is 3.67. The van der Waals surface area contributed by atoms with E-state index in [-0.39, 0.29) is 23.2 Å². The average Bonchev–Trinajstić information content (AvgIpc) is 2.33. The average molecular weight is 324 g/mol. The summed E-state index contributed by atoms with van der Waals surface area (Å²) >= 11 is 3.08. The fourth-order valence-electron chi connectivity index (χ4n) is 1.65. The zero-order chi connectivity index (χ0) is 16.0. The summed E-state index contributed by atoms with van der Waals surface area (Å²) in [4.78, 5) is 10.8. The predicted octanol–water partition coefficient (Wildman–Crippen LogP) is 3.66. The number of benzene rings is 1. The topological polar surface area (TPSA) is 26.3 Å². The lowest BCUT2D eigenvalue weighted by atomic mass is 10.00. The van der Waals surface area contributed by atoms with Crippen molar-refractivity contribution in [1.29, 1.82) is 0 Å². The van der Waals surface area contributed by atoms with Crippen molar-refractivity contribution in [1.82, 2.24) is 0 Å². The number of fused-ring (bicyclic) bond motifs is 1. The first-order chi connectivity index (χ1) is 9.54. The quantitative estimate of drug-likeness (QED) is 0.737. The van der Waals surface area contributed by atoms with Gasteiger partial charge in [-0.25, -0.2) is 0 Å². The largest absolute Gasteiger partial charge is 0.475 e. The molecule has 96 valence electrons. The molecule has 0 aromatic heterocycles. The van der Waals surface area contributed by atoms with Crippen LogP contribution in [-0.2, 0) is 4.79 Å². The Morgan fingerprint density at radius 1 is 1.50 bits per heavy atom. The van der Waals surface area contributed by atoms with Gasteiger partial charge in [0.2, 0.25) is 6.10 Å². The summed E-state index contributed by atoms with van der Waals surface area (Å²) < 4.78 is 66.0. The summed E-state index contributed by atoms with van der Waals surface area (Å²) in [6, 6.07) is 2.57. The van der Waals surface area contributed by atoms with E-state index in [1.807, 2.05) is 0 Å². The zero-order valence-electron chi connectivity index (χ0n) is 11.7. The maximum absolute atomic E-state index is 12.9. The maximum atomic E-state index is 12.9. The summed E-state index contributed by atoms with van der Waals surface area (Å²) in [5.41, 5.74) is -0.843. The molecule has 0 fully saturated rings. The van der Waals surface area contributed by atoms with Gasteiger partial charge in [0.25, 0.3) is 0 Å². The molecule has 0 unspecified atom stereocenters. The van der Waals surface area contributed by atoms with Crippen molar-refractivity contribution in [3.05, 3.63) is 33.3 Å². The third-order valence-electron chi connectivity index (χ3n) is 2.38. The van der Waals surface area contributed by atoms with E-state index >= 15 is 0 Å². The highest BCUT2D eigenvalue weighted by molar-refractivity contribution is 9.10. The molecule has 0 saturated carbocycles. The van der Waals surface area contributed by atoms with E-state index in [1.165, 1.54) is 12.1 Å². The van der Waals surface area contributed by atoms with E-state index in [9.17, 15) is 18.0 Å². The van der Waals surface area contributed by atoms with Crippen LogP contribution >= 0.6 is 15.9 Å². The van der Waals surface area contributed by atoms with Crippen molar-refractivity contribution in [3.63, 3.8) is 0 Å². The van der Waals surface area contributed by atoms with Gasteiger partial charge in [-0.2, -0.15) is 13.2 Å². The number of hydrogen-bond donors (Lipinski definition) is 0. The molecule has 0 saturated heterocycles. The van der Waals surface area contributed by atoms with Crippen LogP contribution in [0.4, 0.5) is 13.2 Å². The second-order valence-corrected chi connectivity index (χ2v) is 4.59. The summed E-state index contributed by atoms with van der Waals surface area (Å²) in [5.74, 6) is -0.383. The Morgan fingerprint density at radius 3 is 2.78 bits per heavy atom. The van der Waals surface area contributed by atoms with Crippen molar-refractivity contribution < 1.29 is 26.8 Å². The molecule has 1 aliphatic heterocycles. The van der Waals surface area contributed by atoms with Crippen LogP contribution in [0, 0.1) is 6.85 Å². The van der Waals surface area contributed by atoms with Gasteiger partial charge in [0, 0.05) is 19.7 Å². The van der Waals surface area contributed by atoms with E-state index in [1.54, 1.807) is 0 Å². The lowest BCUT2D eigenvalue weighted by Crippen LogP contribution is -2.38. The Labute approximate surface area is 114 Å². The van der Waals surface area contributed by atoms with Crippen molar-refractivity contribution in [2.24, 2.45) is 0 Å². The molecule has 0 spiro atoms. The van der Waals surface area contributed by atoms with Gasteiger partial charge in [-0.3, -0.25) is 4.79 Å². The Morgan fingerprint density at radius 2 is 2.22 bits per heavy atom. The molecule has 1 aliphatic rings. The lowest BCUT2D eigenvalue weighted by molar-refractivity contribution is -0.184. The van der Waals surface area contributed by atoms with Crippen LogP contribution in [0.5, 0.6) is 5.75 Å². The fraction of sp³-hybridized carbons (Fsp3) is 0.250. The van der Waals surface area contributed by atoms with Gasteiger partial charge in [-0.1, -0.05) is 15.9 Å². The number of aryl methyl sites for hydroxylation is 1. The van der Waals surface area contributed by atoms with Crippen LogP contribution in [0.2, 0.25) is 0 Å². The predicted molar refractivity (Wildman–Crippen MR) is 63.4 cm³/mol. The molecule has 0 amide bonds. The van der Waals surface area contributed by atoms with Crippen molar-refractivity contribution >= 4 is 28.3 Å². The summed E-state index contributed by atoms with van der Waals surface area (Å²) in [6.45, 7) is -2.64. The standard InChI is InChI=1S/C12H8BrF3O2/c1-6-2-9(13)4-7-3-8(5-17)11(12(14,15)16)18-10(6)7/h2-5,11H,1H3/t11-/m0/s1/i1D3. The first-order valence-electron chi connectivity index (χ1n) is 6.28. The van der Waals surface area contributed by atoms with Crippen molar-refractivity contribution in [2.45, 2.75) is 19.1 Å². The molecule has 0 bridgehead atoms. The number of carbonyl (C=O) groups is 1. The highest BCUT2D eigenvalue weighted by Gasteiger charge is 2.46. The van der Waals surface area contributed by atoms with Gasteiger partial charge >= 0.3 is 6.18 Å². The number of alkyl halides is 3. The molecule has 0 radical (unpaired) electrons. The van der Waals surface area contributed by atoms with Crippen LogP contribution in [0.25, 0.3) is 6.08 Å². The number of halogens is 4. The van der Waals surface area contributed by atoms with Gasteiger partial charge in [0.05, 0.1) is 0 Å². The minimum Gasteiger partial charge on any atom is -0.475 e. The third kappa shape index (κ3) is 2.29. The Balaban J connectivity index is 2.67. The molecule has 1 aromatic rings. The zero-order valence-corrected chi connectivity index (χ0v) is 10.3. The summed E-state index contributed by atoms with van der Waals surface area (Å²) in [5, 5.41) is 0. The van der Waals surface area contributed by atoms with E-state index < -0.39 is 24.7 Å². The van der Waals surface area contributed by atoms with Gasteiger partial charge in [-0.15, -0.1) is 0 Å². The highest BCUT2D eigenvalue weighted by Crippen LogP contribution is 2.39. The van der Waals surface area contributed by atoms with Crippen LogP contribution in [-0.4, -0.2) is 18.6 Å². The van der Waals surface area contributed by atoms with Crippen LogP contribution in [0.15, 0.2) is 22.2 Å². The third-order valence-corrected chi connectivity index (χ3v) is 2.83. The fourth-order valence-corrected chi connectivity index (χ4v) is 2.12. The molecule has 18 heavy (non-hydrogen) atoms. The first-order valence-corrected chi connectivity index (χ1v) is 5.57. The summed E-state index contributed by atoms with van der Waals surface area (Å²) in [7, 11) is 0. The van der Waals surface area contributed by atoms with Crippen molar-refractivity contribution in [3.8, 4) is 5.75 Å². The SMILES string of the molecule is [2H]C([2H])([2H])c1cc(Br)cc2c1O[C@H](C(F)(F)F)C(C=O)=C2. The number of rotatable bonds is 1. The molecule has 1 aromatic carbocycles. The van der Waals surface area contributed by atoms with Crippen LogP contribution < -0.4 is 4.74 Å². The Kier molecular flexibility index (Phi) is 2.36. The van der Waals surface area contributed by atoms with E-state index in [0.717, 1.165) is 6.08 Å². The molecule has 1 heterocycles. The van der Waals surface area contributed by atoms with E-state index in [0.29, 0.717) is 4.47 Å². The lowest BCUT2D eigenvalue weighted by Gasteiger charge is -2.27. The summed E-state index contributed by atoms with van der Waals surface area (Å²) in [6.07, 6.45) is -6.24. The Bertz CT molecular complexity index is 623. The Hall–Kier alpha value is -1.30. The minimum atomic E-state index is -4.82. The van der Waals surface area contributed by atoms with Crippen molar-refractivity contribution in [2.75, 3.05) is 0 Å². The smallest absolute Gasteiger partial charge is 0.429 e. The molecular formula is C12H8BrF3O2. The second kappa shape index (κ2) is 4.42. The van der Waals surface area contributed by atoms with Gasteiger partial charge < -0.3 is 4.74 Å². The molecule has 6 heteroatoms. The highest BCUT2D eigenvalue weighted by atomic mass is 79.9. The van der Waals surface area contributed by atoms with Gasteiger partial charge in [0.1, 0.15) is 12.0 Å². The van der Waals surface area contributed by atoms with Gasteiger partial charge in [0.15, 0.2) is 0 Å². The normalized spacial score (nSPS) is 21.9. The number of aldehydes is 1. The number of hydrogen-bond acceptors (Lipinski definition) is 2. The maximum Gasteiger partial charge on any atom is 0.429 e. The minimum absolute atomic E-state index is 0.0526. The number of ether oxygens (including phenoxy) is 1. The monoisotopic (exact) mass is 323 g/mol. The molecule has 2 nitrogen and oxygen atoms in total. The van der Waals surface area contributed by atoms with Crippen LogP contribution in [0.1, 0.15) is 15.2 Å². The first kappa shape index (κ1) is 9.61. The molecule has 2 rings (SSSR count). The molecule has 1 atom stereocenters. The van der Waals surface area contributed by atoms with E-state index in [2.05, 4.69) is 15.9 Å². The van der Waals surface area contributed by atoms with Crippen LogP contribution in [0.3, 0.4) is 0 Å². The molecule has 0 N–H and O–H groups in total. The number of carbonyl (C=O) groups excluding carboxylic acids is 1. The van der Waals surface area contributed by atoms with Gasteiger partial charge in [-0.05, 0) is 30.6 Å².